The molecule has 0 radical (unpaired) electrons. The van der Waals surface area contributed by atoms with Crippen LogP contribution in [-0.4, -0.2) is 42.5 Å². The number of nitrogens with one attached hydrogen (secondary N) is 1. The number of pyridine rings is 1. The van der Waals surface area contributed by atoms with Crippen LogP contribution in [0.15, 0.2) is 82.8 Å². The summed E-state index contributed by atoms with van der Waals surface area (Å²) in [6.07, 6.45) is 3.17. The van der Waals surface area contributed by atoms with Gasteiger partial charge in [0.05, 0.1) is 16.8 Å². The lowest BCUT2D eigenvalue weighted by molar-refractivity contribution is -0.119. The van der Waals surface area contributed by atoms with E-state index in [9.17, 15) is 13.2 Å². The molecule has 0 spiro atoms. The molecule has 0 bridgehead atoms. The number of rotatable bonds is 8. The van der Waals surface area contributed by atoms with Crippen molar-refractivity contribution in [1.29, 1.82) is 0 Å². The van der Waals surface area contributed by atoms with E-state index in [1.54, 1.807) is 12.1 Å². The molecule has 1 aliphatic heterocycles. The molecule has 0 saturated carbocycles. The maximum atomic E-state index is 12.6. The largest absolute Gasteiger partial charge is 0.349 e. The Labute approximate surface area is 199 Å². The Kier molecular flexibility index (Phi) is 7.47. The molecule has 172 valence electrons. The van der Waals surface area contributed by atoms with Gasteiger partial charge in [-0.3, -0.25) is 4.79 Å². The van der Waals surface area contributed by atoms with Crippen molar-refractivity contribution in [2.75, 3.05) is 18.8 Å². The number of carbonyl (C=O) groups excluding carboxylic acids is 1. The minimum Gasteiger partial charge on any atom is -0.349 e. The van der Waals surface area contributed by atoms with E-state index < -0.39 is 10.0 Å². The Bertz CT molecular complexity index is 1180. The summed E-state index contributed by atoms with van der Waals surface area (Å²) < 4.78 is 26.7. The van der Waals surface area contributed by atoms with Crippen molar-refractivity contribution in [2.45, 2.75) is 35.7 Å². The minimum atomic E-state index is -3.47. The number of hydrogen-bond acceptors (Lipinski definition) is 5. The number of carbonyl (C=O) groups is 1. The van der Waals surface area contributed by atoms with E-state index in [1.807, 2.05) is 37.3 Å². The number of aromatic nitrogens is 1. The number of amides is 1. The summed E-state index contributed by atoms with van der Waals surface area (Å²) in [5.41, 5.74) is 3.32. The fourth-order valence-electron chi connectivity index (χ4n) is 3.78. The highest BCUT2D eigenvalue weighted by Gasteiger charge is 2.27. The van der Waals surface area contributed by atoms with Gasteiger partial charge in [-0.1, -0.05) is 66.4 Å². The lowest BCUT2D eigenvalue weighted by Crippen LogP contribution is -2.28. The number of thioether (sulfide) groups is 1. The molecule has 1 atom stereocenters. The Morgan fingerprint density at radius 3 is 2.30 bits per heavy atom. The molecule has 1 aromatic heterocycles. The van der Waals surface area contributed by atoms with Crippen molar-refractivity contribution >= 4 is 27.7 Å². The summed E-state index contributed by atoms with van der Waals surface area (Å²) in [5.74, 6) is 0.104. The molecule has 1 aliphatic rings. The van der Waals surface area contributed by atoms with Crippen LogP contribution in [0.2, 0.25) is 0 Å². The maximum absolute atomic E-state index is 12.6. The van der Waals surface area contributed by atoms with E-state index >= 15 is 0 Å². The zero-order valence-corrected chi connectivity index (χ0v) is 20.1. The lowest BCUT2D eigenvalue weighted by atomic mass is 10.0. The van der Waals surface area contributed by atoms with E-state index in [4.69, 9.17) is 0 Å². The van der Waals surface area contributed by atoms with Crippen molar-refractivity contribution in [3.63, 3.8) is 0 Å². The van der Waals surface area contributed by atoms with Crippen molar-refractivity contribution < 1.29 is 13.2 Å². The van der Waals surface area contributed by atoms with Gasteiger partial charge in [-0.2, -0.15) is 4.31 Å². The molecule has 33 heavy (non-hydrogen) atoms. The van der Waals surface area contributed by atoms with Gasteiger partial charge in [-0.25, -0.2) is 13.4 Å². The summed E-state index contributed by atoms with van der Waals surface area (Å²) in [6, 6.07) is 21.4. The molecule has 1 fully saturated rings. The quantitative estimate of drug-likeness (QED) is 0.479. The molecule has 6 nitrogen and oxygen atoms in total. The van der Waals surface area contributed by atoms with Crippen LogP contribution < -0.4 is 5.32 Å². The monoisotopic (exact) mass is 481 g/mol. The third-order valence-electron chi connectivity index (χ3n) is 5.66. The van der Waals surface area contributed by atoms with Crippen LogP contribution in [0.1, 0.15) is 31.4 Å². The number of sulfonamides is 1. The van der Waals surface area contributed by atoms with Crippen LogP contribution in [0, 0.1) is 0 Å². The predicted octanol–water partition coefficient (Wildman–Crippen LogP) is 4.50. The van der Waals surface area contributed by atoms with Crippen molar-refractivity contribution in [2.24, 2.45) is 0 Å². The van der Waals surface area contributed by atoms with Gasteiger partial charge in [0, 0.05) is 19.3 Å². The first kappa shape index (κ1) is 23.5. The first-order valence-electron chi connectivity index (χ1n) is 11.0. The predicted molar refractivity (Wildman–Crippen MR) is 131 cm³/mol. The van der Waals surface area contributed by atoms with Crippen LogP contribution >= 0.6 is 11.8 Å². The second-order valence-electron chi connectivity index (χ2n) is 8.01. The van der Waals surface area contributed by atoms with Gasteiger partial charge in [-0.05, 0) is 48.6 Å². The smallest absolute Gasteiger partial charge is 0.244 e. The number of hydrogen-bond donors (Lipinski definition) is 1. The van der Waals surface area contributed by atoms with Crippen molar-refractivity contribution in [3.05, 3.63) is 78.5 Å². The first-order chi connectivity index (χ1) is 15.9. The summed E-state index contributed by atoms with van der Waals surface area (Å²) >= 11 is 1.29. The van der Waals surface area contributed by atoms with Crippen LogP contribution in [0.5, 0.6) is 0 Å². The average Bonchev–Trinajstić information content (AvgIpc) is 3.40. The van der Waals surface area contributed by atoms with Crippen LogP contribution in [-0.2, 0) is 14.8 Å². The first-order valence-corrected chi connectivity index (χ1v) is 13.4. The Morgan fingerprint density at radius 2 is 1.67 bits per heavy atom. The Hall–Kier alpha value is -2.68. The molecule has 1 N–H and O–H groups in total. The van der Waals surface area contributed by atoms with Gasteiger partial charge in [0.15, 0.2) is 0 Å². The fraction of sp³-hybridized carbons (Fsp3) is 0.280. The van der Waals surface area contributed by atoms with Crippen LogP contribution in [0.25, 0.3) is 11.1 Å². The summed E-state index contributed by atoms with van der Waals surface area (Å²) in [7, 11) is -3.47. The zero-order valence-electron chi connectivity index (χ0n) is 18.5. The van der Waals surface area contributed by atoms with Gasteiger partial charge in [0.2, 0.25) is 15.9 Å². The van der Waals surface area contributed by atoms with E-state index in [0.29, 0.717) is 18.1 Å². The molecule has 4 rings (SSSR count). The lowest BCUT2D eigenvalue weighted by Gasteiger charge is -2.16. The Balaban J connectivity index is 1.29. The summed E-state index contributed by atoms with van der Waals surface area (Å²) in [4.78, 5) is 16.9. The Morgan fingerprint density at radius 1 is 1.00 bits per heavy atom. The second kappa shape index (κ2) is 10.5. The maximum Gasteiger partial charge on any atom is 0.244 e. The van der Waals surface area contributed by atoms with Gasteiger partial charge < -0.3 is 5.32 Å². The molecular weight excluding hydrogens is 454 g/mol. The summed E-state index contributed by atoms with van der Waals surface area (Å²) in [6.45, 7) is 3.08. The molecule has 2 aromatic carbocycles. The van der Waals surface area contributed by atoms with Gasteiger partial charge in [0.25, 0.3) is 0 Å². The number of nitrogens with zero attached hydrogens (tertiary/aromatic N) is 2. The molecule has 0 aliphatic carbocycles. The van der Waals surface area contributed by atoms with Crippen molar-refractivity contribution in [1.82, 2.24) is 14.6 Å². The van der Waals surface area contributed by atoms with Gasteiger partial charge in [0.1, 0.15) is 4.90 Å². The SMILES string of the molecule is CC(NC(=O)CSc1ccc(S(=O)(=O)N2CCCC2)cn1)c1ccc(-c2ccccc2)cc1. The normalized spacial score (nSPS) is 15.3. The van der Waals surface area contributed by atoms with Crippen LogP contribution in [0.4, 0.5) is 0 Å². The standard InChI is InChI=1S/C25H27N3O3S2/c1-19(20-9-11-22(12-10-20)21-7-3-2-4-8-21)27-24(29)18-32-25-14-13-23(17-26-25)33(30,31)28-15-5-6-16-28/h2-4,7-14,17,19H,5-6,15-16,18H2,1H3,(H,27,29). The third kappa shape index (κ3) is 5.82. The zero-order chi connectivity index (χ0) is 23.3. The molecule has 1 amide bonds. The highest BCUT2D eigenvalue weighted by Crippen LogP contribution is 2.24. The topological polar surface area (TPSA) is 79.4 Å². The van der Waals surface area contributed by atoms with E-state index in [1.165, 1.54) is 22.3 Å². The highest BCUT2D eigenvalue weighted by molar-refractivity contribution is 7.99. The molecule has 3 aromatic rings. The van der Waals surface area contributed by atoms with Crippen molar-refractivity contribution in [3.8, 4) is 11.1 Å². The van der Waals surface area contributed by atoms with E-state index in [2.05, 4.69) is 34.6 Å². The molecule has 1 unspecified atom stereocenters. The minimum absolute atomic E-state index is 0.102. The van der Waals surface area contributed by atoms with Crippen LogP contribution in [0.3, 0.4) is 0 Å². The fourth-order valence-corrected chi connectivity index (χ4v) is 5.90. The van der Waals surface area contributed by atoms with E-state index in [-0.39, 0.29) is 22.6 Å². The van der Waals surface area contributed by atoms with E-state index in [0.717, 1.165) is 29.5 Å². The number of benzene rings is 2. The van der Waals surface area contributed by atoms with Gasteiger partial charge in [-0.15, -0.1) is 0 Å². The summed E-state index contributed by atoms with van der Waals surface area (Å²) in [5, 5.41) is 3.62. The molecule has 1 saturated heterocycles. The third-order valence-corrected chi connectivity index (χ3v) is 8.48. The molecule has 2 heterocycles. The highest BCUT2D eigenvalue weighted by atomic mass is 32.2. The molecular formula is C25H27N3O3S2. The molecule has 8 heteroatoms. The average molecular weight is 482 g/mol. The second-order valence-corrected chi connectivity index (χ2v) is 10.9. The van der Waals surface area contributed by atoms with Gasteiger partial charge >= 0.3 is 0 Å².